The number of amides is 2. The van der Waals surface area contributed by atoms with Gasteiger partial charge in [-0.25, -0.2) is 9.59 Å². The minimum atomic E-state index is -0.892. The summed E-state index contributed by atoms with van der Waals surface area (Å²) in [7, 11) is 0. The fourth-order valence-corrected chi connectivity index (χ4v) is 5.74. The van der Waals surface area contributed by atoms with E-state index in [1.165, 1.54) is 35.9 Å². The summed E-state index contributed by atoms with van der Waals surface area (Å²) in [5.74, 6) is 3.15. The maximum Gasteiger partial charge on any atom is 0.327 e. The standard InChI is InChI=1S/C13H18N2O3S/c16-12(17)8-4-19-5-15(8)13(18)14-11-9-6-1-2-7(3-6)10(9)11/h6-11H,1-5H2,(H,14,18)(H,16,17)/t6?,7?,8-,9?,10?,11?/m0/s1. The summed E-state index contributed by atoms with van der Waals surface area (Å²) >= 11 is 1.51. The van der Waals surface area contributed by atoms with E-state index in [1.54, 1.807) is 0 Å². The highest BCUT2D eigenvalue weighted by molar-refractivity contribution is 7.99. The molecule has 0 aromatic rings. The number of nitrogens with zero attached hydrogens (tertiary/aromatic N) is 1. The van der Waals surface area contributed by atoms with Gasteiger partial charge in [-0.2, -0.15) is 0 Å². The van der Waals surface area contributed by atoms with Gasteiger partial charge in [-0.1, -0.05) is 0 Å². The molecule has 4 rings (SSSR count). The molecule has 3 aliphatic carbocycles. The zero-order chi connectivity index (χ0) is 13.1. The molecule has 4 aliphatic rings. The molecule has 5 nitrogen and oxygen atoms in total. The van der Waals surface area contributed by atoms with E-state index in [0.29, 0.717) is 29.5 Å². The van der Waals surface area contributed by atoms with Crippen LogP contribution in [0.1, 0.15) is 19.3 Å². The van der Waals surface area contributed by atoms with Crippen molar-refractivity contribution in [3.8, 4) is 0 Å². The van der Waals surface area contributed by atoms with Gasteiger partial charge in [0.15, 0.2) is 0 Å². The molecule has 1 saturated heterocycles. The number of thioether (sulfide) groups is 1. The summed E-state index contributed by atoms with van der Waals surface area (Å²) in [5, 5.41) is 12.2. The molecule has 0 aromatic heterocycles. The maximum atomic E-state index is 12.2. The molecule has 4 fully saturated rings. The number of rotatable bonds is 2. The van der Waals surface area contributed by atoms with Crippen LogP contribution in [0, 0.1) is 23.7 Å². The summed E-state index contributed by atoms with van der Waals surface area (Å²) in [6.45, 7) is 0. The van der Waals surface area contributed by atoms with Crippen molar-refractivity contribution in [3.05, 3.63) is 0 Å². The lowest BCUT2D eigenvalue weighted by Gasteiger charge is -2.22. The van der Waals surface area contributed by atoms with Crippen LogP contribution in [0.5, 0.6) is 0 Å². The molecule has 3 saturated carbocycles. The smallest absolute Gasteiger partial charge is 0.327 e. The van der Waals surface area contributed by atoms with E-state index in [0.717, 1.165) is 11.8 Å². The first-order chi connectivity index (χ1) is 9.16. The van der Waals surface area contributed by atoms with Crippen LogP contribution >= 0.6 is 11.8 Å². The number of carboxylic acids is 1. The van der Waals surface area contributed by atoms with Crippen molar-refractivity contribution in [1.82, 2.24) is 10.2 Å². The van der Waals surface area contributed by atoms with Gasteiger partial charge < -0.3 is 15.3 Å². The van der Waals surface area contributed by atoms with Gasteiger partial charge in [-0.3, -0.25) is 0 Å². The third kappa shape index (κ3) is 1.68. The Morgan fingerprint density at radius 1 is 1.21 bits per heavy atom. The molecule has 0 spiro atoms. The number of nitrogens with one attached hydrogen (secondary N) is 1. The van der Waals surface area contributed by atoms with Gasteiger partial charge in [-0.15, -0.1) is 11.8 Å². The van der Waals surface area contributed by atoms with Crippen molar-refractivity contribution in [2.45, 2.75) is 31.3 Å². The first-order valence-electron chi connectivity index (χ1n) is 7.04. The largest absolute Gasteiger partial charge is 0.480 e. The van der Waals surface area contributed by atoms with Crippen molar-refractivity contribution in [1.29, 1.82) is 0 Å². The molecule has 2 N–H and O–H groups in total. The van der Waals surface area contributed by atoms with Gasteiger partial charge in [0.1, 0.15) is 6.04 Å². The van der Waals surface area contributed by atoms with E-state index in [2.05, 4.69) is 5.32 Å². The van der Waals surface area contributed by atoms with Crippen molar-refractivity contribution >= 4 is 23.8 Å². The van der Waals surface area contributed by atoms with Gasteiger partial charge in [-0.05, 0) is 42.9 Å². The lowest BCUT2D eigenvalue weighted by molar-refractivity contribution is -0.140. The van der Waals surface area contributed by atoms with Gasteiger partial charge in [0.05, 0.1) is 5.88 Å². The first-order valence-corrected chi connectivity index (χ1v) is 8.20. The van der Waals surface area contributed by atoms with E-state index in [9.17, 15) is 9.59 Å². The normalized spacial score (nSPS) is 46.2. The van der Waals surface area contributed by atoms with Gasteiger partial charge in [0.2, 0.25) is 0 Å². The molecule has 1 aliphatic heterocycles. The van der Waals surface area contributed by atoms with E-state index in [1.807, 2.05) is 0 Å². The Bertz CT molecular complexity index is 428. The zero-order valence-corrected chi connectivity index (χ0v) is 11.4. The highest BCUT2D eigenvalue weighted by atomic mass is 32.2. The van der Waals surface area contributed by atoms with Gasteiger partial charge in [0, 0.05) is 11.8 Å². The van der Waals surface area contributed by atoms with Crippen molar-refractivity contribution in [2.24, 2.45) is 23.7 Å². The molecule has 6 heteroatoms. The molecule has 0 radical (unpaired) electrons. The quantitative estimate of drug-likeness (QED) is 0.798. The molecule has 1 heterocycles. The molecule has 104 valence electrons. The van der Waals surface area contributed by atoms with Gasteiger partial charge in [0.25, 0.3) is 0 Å². The van der Waals surface area contributed by atoms with Crippen LogP contribution < -0.4 is 5.32 Å². The maximum absolute atomic E-state index is 12.2. The number of hydrogen-bond donors (Lipinski definition) is 2. The first kappa shape index (κ1) is 11.9. The fraction of sp³-hybridized carbons (Fsp3) is 0.846. The summed E-state index contributed by atoms with van der Waals surface area (Å²) in [5.41, 5.74) is 0. The number of carboxylic acid groups (broad SMARTS) is 1. The van der Waals surface area contributed by atoms with Crippen LogP contribution in [0.2, 0.25) is 0 Å². The summed E-state index contributed by atoms with van der Waals surface area (Å²) < 4.78 is 0. The Morgan fingerprint density at radius 2 is 1.89 bits per heavy atom. The third-order valence-corrected chi connectivity index (χ3v) is 6.47. The predicted molar refractivity (Wildman–Crippen MR) is 70.7 cm³/mol. The second kappa shape index (κ2) is 4.04. The minimum Gasteiger partial charge on any atom is -0.480 e. The Kier molecular flexibility index (Phi) is 2.53. The average molecular weight is 282 g/mol. The fourth-order valence-electron chi connectivity index (χ4n) is 4.59. The van der Waals surface area contributed by atoms with Crippen LogP contribution in [0.15, 0.2) is 0 Å². The average Bonchev–Trinajstić information content (AvgIpc) is 2.86. The van der Waals surface area contributed by atoms with Gasteiger partial charge >= 0.3 is 12.0 Å². The highest BCUT2D eigenvalue weighted by Crippen LogP contribution is 2.65. The van der Waals surface area contributed by atoms with E-state index >= 15 is 0 Å². The summed E-state index contributed by atoms with van der Waals surface area (Å²) in [6.07, 6.45) is 4.02. The van der Waals surface area contributed by atoms with Crippen molar-refractivity contribution in [3.63, 3.8) is 0 Å². The Balaban J connectivity index is 1.39. The molecule has 2 amide bonds. The lowest BCUT2D eigenvalue weighted by Crippen LogP contribution is -2.48. The van der Waals surface area contributed by atoms with Crippen molar-refractivity contribution in [2.75, 3.05) is 11.6 Å². The summed E-state index contributed by atoms with van der Waals surface area (Å²) in [6, 6.07) is -0.490. The van der Waals surface area contributed by atoms with E-state index in [-0.39, 0.29) is 6.03 Å². The number of aliphatic carboxylic acids is 1. The second-order valence-electron chi connectivity index (χ2n) is 6.29. The minimum absolute atomic E-state index is 0.170. The number of carbonyl (C=O) groups excluding carboxylic acids is 1. The molecule has 4 unspecified atom stereocenters. The monoisotopic (exact) mass is 282 g/mol. The SMILES string of the molecule is O=C(O)[C@@H]1CSCN1C(=O)NC1C2C3CCC(C3)C12. The van der Waals surface area contributed by atoms with Crippen LogP contribution in [0.4, 0.5) is 4.79 Å². The molecule has 19 heavy (non-hydrogen) atoms. The van der Waals surface area contributed by atoms with Crippen molar-refractivity contribution < 1.29 is 14.7 Å². The second-order valence-corrected chi connectivity index (χ2v) is 7.29. The molecule has 2 bridgehead atoms. The number of urea groups is 1. The van der Waals surface area contributed by atoms with Crippen LogP contribution in [-0.4, -0.2) is 45.7 Å². The van der Waals surface area contributed by atoms with E-state index in [4.69, 9.17) is 5.11 Å². The molecule has 0 aromatic carbocycles. The topological polar surface area (TPSA) is 69.6 Å². The number of carbonyl (C=O) groups is 2. The number of hydrogen-bond acceptors (Lipinski definition) is 3. The Labute approximate surface area is 116 Å². The van der Waals surface area contributed by atoms with E-state index < -0.39 is 12.0 Å². The Hall–Kier alpha value is -0.910. The lowest BCUT2D eigenvalue weighted by atomic mass is 10.0. The van der Waals surface area contributed by atoms with Crippen LogP contribution in [-0.2, 0) is 4.79 Å². The molecular weight excluding hydrogens is 264 g/mol. The third-order valence-electron chi connectivity index (χ3n) is 5.45. The van der Waals surface area contributed by atoms with Crippen LogP contribution in [0.25, 0.3) is 0 Å². The summed E-state index contributed by atoms with van der Waals surface area (Å²) in [4.78, 5) is 24.8. The Morgan fingerprint density at radius 3 is 2.53 bits per heavy atom. The van der Waals surface area contributed by atoms with Crippen LogP contribution in [0.3, 0.4) is 0 Å². The predicted octanol–water partition coefficient (Wildman–Crippen LogP) is 1.20. The number of fused-ring (bicyclic) bond motifs is 5. The zero-order valence-electron chi connectivity index (χ0n) is 10.6. The molecular formula is C13H18N2O3S. The molecule has 5 atom stereocenters. The highest BCUT2D eigenvalue weighted by Gasteiger charge is 2.65.